The molecular formula is C30H36O3. The summed E-state index contributed by atoms with van der Waals surface area (Å²) in [4.78, 5) is 35.8. The van der Waals surface area contributed by atoms with Gasteiger partial charge in [0, 0.05) is 17.9 Å². The fraction of sp³-hybridized carbons (Fsp3) is 0.567. The molecule has 3 nitrogen and oxygen atoms in total. The summed E-state index contributed by atoms with van der Waals surface area (Å²) in [7, 11) is 0. The zero-order valence-corrected chi connectivity index (χ0v) is 20.0. The highest BCUT2D eigenvalue weighted by Crippen LogP contribution is 2.66. The lowest BCUT2D eigenvalue weighted by molar-refractivity contribution is -0.128. The SMILES string of the molecule is CC(=O)[C@H]1CC[C@H]2[C@@H]3C=CC4=CC(=O)CC[C@]4(C)[C@H]3CC[C@]12CCCc1ccc(C=O)cc1. The molecule has 6 atom stereocenters. The minimum atomic E-state index is 0.105. The van der Waals surface area contributed by atoms with Gasteiger partial charge in [-0.1, -0.05) is 43.3 Å². The van der Waals surface area contributed by atoms with Crippen LogP contribution in [-0.2, 0) is 16.0 Å². The van der Waals surface area contributed by atoms with E-state index in [2.05, 4.69) is 31.2 Å². The monoisotopic (exact) mass is 444 g/mol. The molecule has 1 aromatic carbocycles. The Balaban J connectivity index is 1.40. The molecule has 174 valence electrons. The number of Topliss-reactive ketones (excluding diaryl/α,β-unsaturated/α-hetero) is 1. The van der Waals surface area contributed by atoms with Crippen LogP contribution in [0.5, 0.6) is 0 Å². The van der Waals surface area contributed by atoms with Crippen LogP contribution >= 0.6 is 0 Å². The molecule has 0 radical (unpaired) electrons. The zero-order valence-electron chi connectivity index (χ0n) is 20.0. The fourth-order valence-corrected chi connectivity index (χ4v) is 8.29. The molecule has 33 heavy (non-hydrogen) atoms. The molecule has 3 heteroatoms. The molecule has 5 rings (SSSR count). The van der Waals surface area contributed by atoms with Gasteiger partial charge in [-0.3, -0.25) is 14.4 Å². The van der Waals surface area contributed by atoms with Crippen LogP contribution in [0.3, 0.4) is 0 Å². The predicted molar refractivity (Wildman–Crippen MR) is 130 cm³/mol. The van der Waals surface area contributed by atoms with Crippen LogP contribution in [0, 0.1) is 34.5 Å². The van der Waals surface area contributed by atoms with Gasteiger partial charge in [-0.15, -0.1) is 0 Å². The third kappa shape index (κ3) is 3.68. The molecule has 0 amide bonds. The van der Waals surface area contributed by atoms with E-state index in [0.717, 1.165) is 63.2 Å². The van der Waals surface area contributed by atoms with E-state index in [-0.39, 0.29) is 22.5 Å². The third-order valence-corrected chi connectivity index (χ3v) is 9.95. The zero-order chi connectivity index (χ0) is 23.2. The summed E-state index contributed by atoms with van der Waals surface area (Å²) in [5.74, 6) is 2.50. The molecule has 0 spiro atoms. The second kappa shape index (κ2) is 8.49. The first kappa shape index (κ1) is 22.5. The van der Waals surface area contributed by atoms with Crippen LogP contribution in [0.2, 0.25) is 0 Å². The maximum absolute atomic E-state index is 12.8. The normalized spacial score (nSPS) is 37.0. The van der Waals surface area contributed by atoms with Crippen LogP contribution < -0.4 is 0 Å². The van der Waals surface area contributed by atoms with E-state index >= 15 is 0 Å². The number of rotatable bonds is 6. The van der Waals surface area contributed by atoms with Crippen molar-refractivity contribution in [2.75, 3.05) is 0 Å². The van der Waals surface area contributed by atoms with Crippen LogP contribution in [0.1, 0.15) is 81.1 Å². The van der Waals surface area contributed by atoms with Crippen molar-refractivity contribution < 1.29 is 14.4 Å². The molecule has 4 aliphatic rings. The van der Waals surface area contributed by atoms with E-state index in [4.69, 9.17) is 0 Å². The van der Waals surface area contributed by atoms with E-state index in [1.165, 1.54) is 11.1 Å². The molecule has 0 saturated heterocycles. The Hall–Kier alpha value is -2.29. The van der Waals surface area contributed by atoms with Crippen molar-refractivity contribution in [3.8, 4) is 0 Å². The maximum Gasteiger partial charge on any atom is 0.156 e. The van der Waals surface area contributed by atoms with Crippen LogP contribution in [-0.4, -0.2) is 17.9 Å². The molecule has 0 aromatic heterocycles. The van der Waals surface area contributed by atoms with Crippen LogP contribution in [0.4, 0.5) is 0 Å². The summed E-state index contributed by atoms with van der Waals surface area (Å²) in [5.41, 5.74) is 3.45. The van der Waals surface area contributed by atoms with E-state index in [1.54, 1.807) is 0 Å². The van der Waals surface area contributed by atoms with Gasteiger partial charge >= 0.3 is 0 Å². The minimum Gasteiger partial charge on any atom is -0.300 e. The molecule has 0 aliphatic heterocycles. The lowest BCUT2D eigenvalue weighted by Gasteiger charge is -2.57. The van der Waals surface area contributed by atoms with Gasteiger partial charge in [0.15, 0.2) is 5.78 Å². The number of carbonyl (C=O) groups is 3. The van der Waals surface area contributed by atoms with Crippen molar-refractivity contribution >= 4 is 17.9 Å². The second-order valence-corrected chi connectivity index (χ2v) is 11.4. The number of benzene rings is 1. The summed E-state index contributed by atoms with van der Waals surface area (Å²) >= 11 is 0. The Morgan fingerprint density at radius 1 is 1.09 bits per heavy atom. The van der Waals surface area contributed by atoms with Crippen molar-refractivity contribution in [1.82, 2.24) is 0 Å². The van der Waals surface area contributed by atoms with E-state index in [9.17, 15) is 14.4 Å². The summed E-state index contributed by atoms with van der Waals surface area (Å²) in [6, 6.07) is 7.93. The topological polar surface area (TPSA) is 51.2 Å². The molecule has 0 heterocycles. The highest BCUT2D eigenvalue weighted by atomic mass is 16.1. The van der Waals surface area contributed by atoms with Gasteiger partial charge in [-0.25, -0.2) is 0 Å². The third-order valence-electron chi connectivity index (χ3n) is 9.95. The molecule has 2 saturated carbocycles. The Morgan fingerprint density at radius 3 is 2.61 bits per heavy atom. The first-order chi connectivity index (χ1) is 15.9. The minimum absolute atomic E-state index is 0.105. The highest BCUT2D eigenvalue weighted by Gasteiger charge is 2.60. The number of hydrogen-bond acceptors (Lipinski definition) is 3. The number of hydrogen-bond donors (Lipinski definition) is 0. The van der Waals surface area contributed by atoms with E-state index in [0.29, 0.717) is 30.0 Å². The molecule has 1 aromatic rings. The Morgan fingerprint density at radius 2 is 1.88 bits per heavy atom. The van der Waals surface area contributed by atoms with E-state index in [1.807, 2.05) is 25.1 Å². The Labute approximate surface area is 197 Å². The first-order valence-electron chi connectivity index (χ1n) is 12.9. The number of allylic oxidation sites excluding steroid dienone is 4. The lowest BCUT2D eigenvalue weighted by atomic mass is 9.47. The highest BCUT2D eigenvalue weighted by molar-refractivity contribution is 5.92. The van der Waals surface area contributed by atoms with Crippen molar-refractivity contribution in [2.45, 2.75) is 71.6 Å². The second-order valence-electron chi connectivity index (χ2n) is 11.4. The van der Waals surface area contributed by atoms with Gasteiger partial charge < -0.3 is 0 Å². The molecular weight excluding hydrogens is 408 g/mol. The maximum atomic E-state index is 12.8. The van der Waals surface area contributed by atoms with Gasteiger partial charge in [0.05, 0.1) is 0 Å². The average Bonchev–Trinajstić information content (AvgIpc) is 3.20. The standard InChI is InChI=1S/C30H36O3/c1-20(32)26-11-12-28-25-10-9-23-18-24(33)13-16-29(23,2)27(25)14-17-30(26,28)15-3-4-21-5-7-22(19-31)8-6-21/h5-10,18-19,25-28H,3-4,11-17H2,1-2H3/t25-,26-,27+,28+,29+,30-/m1/s1. The Kier molecular flexibility index (Phi) is 5.79. The summed E-state index contributed by atoms with van der Waals surface area (Å²) < 4.78 is 0. The van der Waals surface area contributed by atoms with Gasteiger partial charge in [0.25, 0.3) is 0 Å². The van der Waals surface area contributed by atoms with Gasteiger partial charge in [-0.2, -0.15) is 0 Å². The molecule has 2 fully saturated rings. The number of aldehydes is 1. The summed E-state index contributed by atoms with van der Waals surface area (Å²) in [6.45, 7) is 4.20. The van der Waals surface area contributed by atoms with Crippen molar-refractivity contribution in [3.63, 3.8) is 0 Å². The van der Waals surface area contributed by atoms with Gasteiger partial charge in [-0.05, 0) is 104 Å². The molecule has 4 aliphatic carbocycles. The van der Waals surface area contributed by atoms with Crippen molar-refractivity contribution in [2.24, 2.45) is 34.5 Å². The Bertz CT molecular complexity index is 1020. The molecule has 0 N–H and O–H groups in total. The quantitative estimate of drug-likeness (QED) is 0.483. The van der Waals surface area contributed by atoms with Crippen molar-refractivity contribution in [1.29, 1.82) is 0 Å². The molecule has 0 unspecified atom stereocenters. The summed E-state index contributed by atoms with van der Waals surface area (Å²) in [5, 5.41) is 0. The largest absolute Gasteiger partial charge is 0.300 e. The van der Waals surface area contributed by atoms with Gasteiger partial charge in [0.1, 0.15) is 12.1 Å². The van der Waals surface area contributed by atoms with Crippen LogP contribution in [0.25, 0.3) is 0 Å². The fourth-order valence-electron chi connectivity index (χ4n) is 8.29. The average molecular weight is 445 g/mol. The van der Waals surface area contributed by atoms with E-state index < -0.39 is 0 Å². The smallest absolute Gasteiger partial charge is 0.156 e. The predicted octanol–water partition coefficient (Wildman–Crippen LogP) is 6.32. The number of ketones is 2. The van der Waals surface area contributed by atoms with Crippen LogP contribution in [0.15, 0.2) is 48.1 Å². The first-order valence-corrected chi connectivity index (χ1v) is 12.9. The van der Waals surface area contributed by atoms with Gasteiger partial charge in [0.2, 0.25) is 0 Å². The number of aryl methyl sites for hydroxylation is 1. The van der Waals surface area contributed by atoms with Crippen molar-refractivity contribution in [3.05, 3.63) is 59.2 Å². The lowest BCUT2D eigenvalue weighted by Crippen LogP contribution is -2.50. The molecule has 0 bridgehead atoms. The number of carbonyl (C=O) groups excluding carboxylic acids is 3. The number of fused-ring (bicyclic) bond motifs is 5. The summed E-state index contributed by atoms with van der Waals surface area (Å²) in [6.07, 6.45) is 16.8.